The predicted octanol–water partition coefficient (Wildman–Crippen LogP) is 4.99. The summed E-state index contributed by atoms with van der Waals surface area (Å²) < 4.78 is 20.0. The van der Waals surface area contributed by atoms with Crippen LogP contribution in [0.1, 0.15) is 4.88 Å². The number of benzene rings is 1. The van der Waals surface area contributed by atoms with Crippen molar-refractivity contribution >= 4 is 43.2 Å². The second kappa shape index (κ2) is 5.29. The zero-order valence-electron chi connectivity index (χ0n) is 8.04. The third-order valence-corrected chi connectivity index (χ3v) is 4.17. The molecule has 0 amide bonds. The van der Waals surface area contributed by atoms with Crippen molar-refractivity contribution < 1.29 is 9.13 Å². The third-order valence-electron chi connectivity index (χ3n) is 1.89. The fourth-order valence-corrected chi connectivity index (χ4v) is 2.87. The van der Waals surface area contributed by atoms with E-state index in [1.807, 2.05) is 11.4 Å². The van der Waals surface area contributed by atoms with Crippen LogP contribution in [0.3, 0.4) is 0 Å². The number of ether oxygens (including phenoxy) is 1. The first-order valence-electron chi connectivity index (χ1n) is 4.46. The minimum Gasteiger partial charge on any atom is -0.488 e. The summed E-state index contributed by atoms with van der Waals surface area (Å²) in [6.45, 7) is 0.494. The summed E-state index contributed by atoms with van der Waals surface area (Å²) in [6, 6.07) is 6.62. The third kappa shape index (κ3) is 3.06. The van der Waals surface area contributed by atoms with Crippen molar-refractivity contribution in [3.63, 3.8) is 0 Å². The van der Waals surface area contributed by atoms with E-state index in [0.717, 1.165) is 9.35 Å². The molecule has 0 atom stereocenters. The number of halogens is 3. The van der Waals surface area contributed by atoms with Crippen molar-refractivity contribution in [1.29, 1.82) is 0 Å². The summed E-state index contributed by atoms with van der Waals surface area (Å²) in [4.78, 5) is 1.12. The van der Waals surface area contributed by atoms with E-state index in [0.29, 0.717) is 16.8 Å². The van der Waals surface area contributed by atoms with E-state index in [-0.39, 0.29) is 5.82 Å². The maximum Gasteiger partial charge on any atom is 0.137 e. The normalized spacial score (nSPS) is 10.4. The van der Waals surface area contributed by atoms with E-state index >= 15 is 0 Å². The van der Waals surface area contributed by atoms with E-state index in [1.54, 1.807) is 23.5 Å². The summed E-state index contributed by atoms with van der Waals surface area (Å²) in [7, 11) is 0. The van der Waals surface area contributed by atoms with Crippen molar-refractivity contribution in [2.45, 2.75) is 6.61 Å². The van der Waals surface area contributed by atoms with Gasteiger partial charge in [0.25, 0.3) is 0 Å². The maximum atomic E-state index is 13.0. The van der Waals surface area contributed by atoms with Gasteiger partial charge >= 0.3 is 0 Å². The Morgan fingerprint density at radius 2 is 2.06 bits per heavy atom. The summed E-state index contributed by atoms with van der Waals surface area (Å²) >= 11 is 8.11. The van der Waals surface area contributed by atoms with Gasteiger partial charge in [0.15, 0.2) is 0 Å². The SMILES string of the molecule is Fc1ccc(OCc2cc(Br)cs2)cc1Br. The van der Waals surface area contributed by atoms with Crippen LogP contribution in [0.4, 0.5) is 4.39 Å². The lowest BCUT2D eigenvalue weighted by Crippen LogP contribution is -1.93. The van der Waals surface area contributed by atoms with Crippen molar-refractivity contribution in [3.05, 3.63) is 49.3 Å². The van der Waals surface area contributed by atoms with Crippen LogP contribution in [0.15, 0.2) is 38.6 Å². The van der Waals surface area contributed by atoms with Gasteiger partial charge in [-0.1, -0.05) is 0 Å². The van der Waals surface area contributed by atoms with Gasteiger partial charge in [-0.3, -0.25) is 0 Å². The number of hydrogen-bond acceptors (Lipinski definition) is 2. The topological polar surface area (TPSA) is 9.23 Å². The summed E-state index contributed by atoms with van der Waals surface area (Å²) in [5, 5.41) is 2.00. The molecule has 2 rings (SSSR count). The van der Waals surface area contributed by atoms with Gasteiger partial charge in [0.05, 0.1) is 4.47 Å². The number of rotatable bonds is 3. The molecule has 1 aromatic heterocycles. The maximum absolute atomic E-state index is 13.0. The number of thiophene rings is 1. The fourth-order valence-electron chi connectivity index (χ4n) is 1.15. The Morgan fingerprint density at radius 3 is 2.69 bits per heavy atom. The van der Waals surface area contributed by atoms with Gasteiger partial charge in [0.1, 0.15) is 18.2 Å². The van der Waals surface area contributed by atoms with Crippen molar-refractivity contribution in [2.75, 3.05) is 0 Å². The van der Waals surface area contributed by atoms with Gasteiger partial charge in [-0.05, 0) is 56.1 Å². The highest BCUT2D eigenvalue weighted by atomic mass is 79.9. The highest BCUT2D eigenvalue weighted by Gasteiger charge is 2.02. The Hall–Kier alpha value is -0.390. The lowest BCUT2D eigenvalue weighted by atomic mass is 10.3. The van der Waals surface area contributed by atoms with Gasteiger partial charge in [-0.25, -0.2) is 4.39 Å². The molecule has 0 fully saturated rings. The predicted molar refractivity (Wildman–Crippen MR) is 70.5 cm³/mol. The number of hydrogen-bond donors (Lipinski definition) is 0. The smallest absolute Gasteiger partial charge is 0.137 e. The molecule has 84 valence electrons. The van der Waals surface area contributed by atoms with Crippen molar-refractivity contribution in [2.24, 2.45) is 0 Å². The molecule has 16 heavy (non-hydrogen) atoms. The summed E-state index contributed by atoms with van der Waals surface area (Å²) in [6.07, 6.45) is 0. The standard InChI is InChI=1S/C11H7Br2FOS/c12-7-3-9(16-6-7)5-15-8-1-2-11(14)10(13)4-8/h1-4,6H,5H2. The Kier molecular flexibility index (Phi) is 4.00. The van der Waals surface area contributed by atoms with Crippen LogP contribution in [-0.4, -0.2) is 0 Å². The van der Waals surface area contributed by atoms with Gasteiger partial charge in [-0.2, -0.15) is 0 Å². The quantitative estimate of drug-likeness (QED) is 0.744. The fraction of sp³-hybridized carbons (Fsp3) is 0.0909. The van der Waals surface area contributed by atoms with Crippen LogP contribution in [0.5, 0.6) is 5.75 Å². The minimum atomic E-state index is -0.286. The Morgan fingerprint density at radius 1 is 1.25 bits per heavy atom. The highest BCUT2D eigenvalue weighted by Crippen LogP contribution is 2.24. The van der Waals surface area contributed by atoms with Gasteiger partial charge in [0.2, 0.25) is 0 Å². The van der Waals surface area contributed by atoms with Crippen LogP contribution >= 0.6 is 43.2 Å². The monoisotopic (exact) mass is 364 g/mol. The molecule has 0 aliphatic carbocycles. The summed E-state index contributed by atoms with van der Waals surface area (Å²) in [5.74, 6) is 0.365. The molecule has 0 aliphatic rings. The van der Waals surface area contributed by atoms with Crippen LogP contribution < -0.4 is 4.74 Å². The lowest BCUT2D eigenvalue weighted by Gasteiger charge is -2.05. The second-order valence-corrected chi connectivity index (χ2v) is 5.86. The van der Waals surface area contributed by atoms with Gasteiger partial charge in [-0.15, -0.1) is 11.3 Å². The zero-order chi connectivity index (χ0) is 11.5. The molecule has 0 aliphatic heterocycles. The second-order valence-electron chi connectivity index (χ2n) is 3.10. The molecule has 0 bridgehead atoms. The Bertz CT molecular complexity index is 498. The summed E-state index contributed by atoms with van der Waals surface area (Å²) in [5.41, 5.74) is 0. The first-order chi connectivity index (χ1) is 7.65. The molecule has 1 nitrogen and oxygen atoms in total. The van der Waals surface area contributed by atoms with Crippen molar-refractivity contribution in [3.8, 4) is 5.75 Å². The first-order valence-corrected chi connectivity index (χ1v) is 6.92. The molecule has 0 unspecified atom stereocenters. The molecule has 0 saturated heterocycles. The zero-order valence-corrected chi connectivity index (χ0v) is 12.0. The highest BCUT2D eigenvalue weighted by molar-refractivity contribution is 9.10. The van der Waals surface area contributed by atoms with Gasteiger partial charge in [0, 0.05) is 14.7 Å². The Balaban J connectivity index is 2.02. The van der Waals surface area contributed by atoms with Crippen LogP contribution in [0.25, 0.3) is 0 Å². The van der Waals surface area contributed by atoms with Crippen LogP contribution in [-0.2, 0) is 6.61 Å². The molecule has 1 aromatic carbocycles. The Labute approximate surface area is 114 Å². The van der Waals surface area contributed by atoms with Crippen LogP contribution in [0.2, 0.25) is 0 Å². The molecule has 0 radical (unpaired) electrons. The molecular formula is C11H7Br2FOS. The lowest BCUT2D eigenvalue weighted by molar-refractivity contribution is 0.309. The van der Waals surface area contributed by atoms with E-state index < -0.39 is 0 Å². The molecule has 1 heterocycles. The minimum absolute atomic E-state index is 0.286. The molecular weight excluding hydrogens is 359 g/mol. The first kappa shape index (κ1) is 12.1. The molecule has 2 aromatic rings. The molecule has 0 spiro atoms. The average Bonchev–Trinajstić information content (AvgIpc) is 2.66. The van der Waals surface area contributed by atoms with E-state index in [9.17, 15) is 4.39 Å². The van der Waals surface area contributed by atoms with E-state index in [2.05, 4.69) is 31.9 Å². The average molecular weight is 366 g/mol. The molecule has 0 N–H and O–H groups in total. The van der Waals surface area contributed by atoms with E-state index in [4.69, 9.17) is 4.74 Å². The molecule has 5 heteroatoms. The van der Waals surface area contributed by atoms with Gasteiger partial charge < -0.3 is 4.74 Å². The van der Waals surface area contributed by atoms with Crippen molar-refractivity contribution in [1.82, 2.24) is 0 Å². The van der Waals surface area contributed by atoms with Crippen LogP contribution in [0, 0.1) is 5.82 Å². The largest absolute Gasteiger partial charge is 0.488 e. The van der Waals surface area contributed by atoms with E-state index in [1.165, 1.54) is 6.07 Å². The molecule has 0 saturated carbocycles.